The Morgan fingerprint density at radius 2 is 1.65 bits per heavy atom. The number of ketones is 1. The number of aliphatic hydroxyl groups is 1. The zero-order valence-electron chi connectivity index (χ0n) is 20.4. The summed E-state index contributed by atoms with van der Waals surface area (Å²) >= 11 is 0. The lowest BCUT2D eigenvalue weighted by Gasteiger charge is -2.25. The zero-order chi connectivity index (χ0) is 24.5. The lowest BCUT2D eigenvalue weighted by molar-refractivity contribution is -0.139. The molecule has 6 nitrogen and oxygen atoms in total. The predicted molar refractivity (Wildman–Crippen MR) is 133 cm³/mol. The number of methoxy groups -OCH3 is 1. The van der Waals surface area contributed by atoms with Gasteiger partial charge in [-0.05, 0) is 54.8 Å². The van der Waals surface area contributed by atoms with Crippen LogP contribution in [0, 0.1) is 0 Å². The number of nitrogens with zero attached hydrogens (tertiary/aromatic N) is 1. The third kappa shape index (κ3) is 5.79. The maximum atomic E-state index is 13.1. The molecule has 1 fully saturated rings. The van der Waals surface area contributed by atoms with E-state index in [0.717, 1.165) is 44.1 Å². The van der Waals surface area contributed by atoms with Crippen LogP contribution in [0.1, 0.15) is 69.5 Å². The monoisotopic (exact) mass is 465 g/mol. The van der Waals surface area contributed by atoms with E-state index < -0.39 is 17.7 Å². The quantitative estimate of drug-likeness (QED) is 0.183. The standard InChI is InChI=1S/C28H35NO5/c1-4-6-8-17-29-25(21-11-10-12-23(19-21)33-3)24(27(31)28(29)32)26(30)20-13-15-22(16-14-20)34-18-9-7-5-2/h10-16,19,25,30H,4-9,17-18H2,1-3H3/b26-24-. The molecule has 0 saturated carbocycles. The number of likely N-dealkylation sites (tertiary alicyclic amines) is 1. The Bertz CT molecular complexity index is 1010. The minimum absolute atomic E-state index is 0.103. The van der Waals surface area contributed by atoms with Gasteiger partial charge in [-0.15, -0.1) is 0 Å². The van der Waals surface area contributed by atoms with Gasteiger partial charge in [0.25, 0.3) is 11.7 Å². The molecule has 34 heavy (non-hydrogen) atoms. The summed E-state index contributed by atoms with van der Waals surface area (Å²) < 4.78 is 11.1. The van der Waals surface area contributed by atoms with E-state index in [1.165, 1.54) is 0 Å². The van der Waals surface area contributed by atoms with Crippen molar-refractivity contribution in [1.82, 2.24) is 4.90 Å². The van der Waals surface area contributed by atoms with E-state index in [0.29, 0.717) is 30.2 Å². The second-order valence-corrected chi connectivity index (χ2v) is 8.56. The lowest BCUT2D eigenvalue weighted by Crippen LogP contribution is -2.30. The molecule has 1 aliphatic rings. The van der Waals surface area contributed by atoms with Gasteiger partial charge in [0.15, 0.2) is 0 Å². The molecule has 1 unspecified atom stereocenters. The Labute approximate surface area is 202 Å². The highest BCUT2D eigenvalue weighted by atomic mass is 16.5. The van der Waals surface area contributed by atoms with Gasteiger partial charge in [0.1, 0.15) is 17.3 Å². The molecule has 0 spiro atoms. The molecule has 2 aromatic carbocycles. The molecular formula is C28H35NO5. The molecule has 182 valence electrons. The minimum atomic E-state index is -0.670. The molecule has 0 aromatic heterocycles. The fourth-order valence-electron chi connectivity index (χ4n) is 4.21. The van der Waals surface area contributed by atoms with Crippen LogP contribution in [-0.4, -0.2) is 42.0 Å². The van der Waals surface area contributed by atoms with Crippen molar-refractivity contribution < 1.29 is 24.2 Å². The number of ether oxygens (including phenoxy) is 2. The van der Waals surface area contributed by atoms with Crippen LogP contribution >= 0.6 is 0 Å². The molecule has 0 radical (unpaired) electrons. The summed E-state index contributed by atoms with van der Waals surface area (Å²) in [6.45, 7) is 5.31. The number of benzene rings is 2. The number of carbonyl (C=O) groups excluding carboxylic acids is 2. The molecule has 0 bridgehead atoms. The van der Waals surface area contributed by atoms with Crippen LogP contribution < -0.4 is 9.47 Å². The van der Waals surface area contributed by atoms with Crippen LogP contribution in [-0.2, 0) is 9.59 Å². The summed E-state index contributed by atoms with van der Waals surface area (Å²) in [6.07, 6.45) is 5.96. The van der Waals surface area contributed by atoms with Gasteiger partial charge in [0.2, 0.25) is 0 Å². The van der Waals surface area contributed by atoms with E-state index in [1.54, 1.807) is 36.3 Å². The number of aliphatic hydroxyl groups excluding tert-OH is 1. The molecule has 0 aliphatic carbocycles. The van der Waals surface area contributed by atoms with Gasteiger partial charge in [0.05, 0.1) is 25.3 Å². The molecular weight excluding hydrogens is 430 g/mol. The van der Waals surface area contributed by atoms with Crippen LogP contribution in [0.15, 0.2) is 54.1 Å². The summed E-state index contributed by atoms with van der Waals surface area (Å²) in [5.74, 6) is -0.0945. The van der Waals surface area contributed by atoms with Crippen LogP contribution in [0.5, 0.6) is 11.5 Å². The van der Waals surface area contributed by atoms with Crippen LogP contribution in [0.25, 0.3) is 5.76 Å². The number of unbranched alkanes of at least 4 members (excludes halogenated alkanes) is 4. The van der Waals surface area contributed by atoms with E-state index in [-0.39, 0.29) is 11.3 Å². The van der Waals surface area contributed by atoms with E-state index in [4.69, 9.17) is 9.47 Å². The Balaban J connectivity index is 1.96. The Morgan fingerprint density at radius 3 is 2.32 bits per heavy atom. The topological polar surface area (TPSA) is 76.1 Å². The smallest absolute Gasteiger partial charge is 0.295 e. The molecule has 1 N–H and O–H groups in total. The second kappa shape index (κ2) is 12.3. The van der Waals surface area contributed by atoms with Gasteiger partial charge in [-0.1, -0.05) is 51.7 Å². The second-order valence-electron chi connectivity index (χ2n) is 8.56. The van der Waals surface area contributed by atoms with Gasteiger partial charge in [-0.2, -0.15) is 0 Å². The van der Waals surface area contributed by atoms with E-state index in [9.17, 15) is 14.7 Å². The third-order valence-corrected chi connectivity index (χ3v) is 6.10. The van der Waals surface area contributed by atoms with Gasteiger partial charge in [-0.3, -0.25) is 9.59 Å². The number of hydrogen-bond acceptors (Lipinski definition) is 5. The number of carbonyl (C=O) groups is 2. The summed E-state index contributed by atoms with van der Waals surface area (Å²) in [5, 5.41) is 11.2. The van der Waals surface area contributed by atoms with Crippen molar-refractivity contribution in [3.8, 4) is 11.5 Å². The first-order valence-electron chi connectivity index (χ1n) is 12.2. The Morgan fingerprint density at radius 1 is 0.941 bits per heavy atom. The van der Waals surface area contributed by atoms with Crippen molar-refractivity contribution in [2.45, 2.75) is 58.4 Å². The summed E-state index contributed by atoms with van der Waals surface area (Å²) in [4.78, 5) is 27.7. The van der Waals surface area contributed by atoms with E-state index in [1.807, 2.05) is 24.3 Å². The fraction of sp³-hybridized carbons (Fsp3) is 0.429. The molecule has 6 heteroatoms. The van der Waals surface area contributed by atoms with Crippen molar-refractivity contribution in [3.63, 3.8) is 0 Å². The van der Waals surface area contributed by atoms with Crippen molar-refractivity contribution in [2.24, 2.45) is 0 Å². The average Bonchev–Trinajstić information content (AvgIpc) is 3.12. The highest BCUT2D eigenvalue weighted by Crippen LogP contribution is 2.40. The normalized spacial score (nSPS) is 17.3. The lowest BCUT2D eigenvalue weighted by atomic mass is 9.95. The molecule has 1 saturated heterocycles. The highest BCUT2D eigenvalue weighted by Gasteiger charge is 2.45. The van der Waals surface area contributed by atoms with Gasteiger partial charge >= 0.3 is 0 Å². The maximum absolute atomic E-state index is 13.1. The molecule has 1 aliphatic heterocycles. The number of hydrogen-bond donors (Lipinski definition) is 1. The average molecular weight is 466 g/mol. The summed E-state index contributed by atoms with van der Waals surface area (Å²) in [7, 11) is 1.57. The SMILES string of the molecule is CCCCCOc1ccc(/C(O)=C2/C(=O)C(=O)N(CCCCC)C2c2cccc(OC)c2)cc1. The first kappa shape index (κ1) is 25.3. The van der Waals surface area contributed by atoms with Crippen molar-refractivity contribution >= 4 is 17.4 Å². The largest absolute Gasteiger partial charge is 0.507 e. The van der Waals surface area contributed by atoms with Crippen molar-refractivity contribution in [2.75, 3.05) is 20.3 Å². The van der Waals surface area contributed by atoms with E-state index in [2.05, 4.69) is 13.8 Å². The highest BCUT2D eigenvalue weighted by molar-refractivity contribution is 6.46. The summed E-state index contributed by atoms with van der Waals surface area (Å²) in [5.41, 5.74) is 1.30. The van der Waals surface area contributed by atoms with E-state index >= 15 is 0 Å². The van der Waals surface area contributed by atoms with Crippen LogP contribution in [0.4, 0.5) is 0 Å². The van der Waals surface area contributed by atoms with Gasteiger partial charge < -0.3 is 19.5 Å². The molecule has 1 amide bonds. The molecule has 1 heterocycles. The third-order valence-electron chi connectivity index (χ3n) is 6.10. The minimum Gasteiger partial charge on any atom is -0.507 e. The number of rotatable bonds is 12. The van der Waals surface area contributed by atoms with Crippen molar-refractivity contribution in [1.29, 1.82) is 0 Å². The first-order valence-corrected chi connectivity index (χ1v) is 12.2. The molecule has 1 atom stereocenters. The van der Waals surface area contributed by atoms with Crippen LogP contribution in [0.3, 0.4) is 0 Å². The van der Waals surface area contributed by atoms with Crippen molar-refractivity contribution in [3.05, 3.63) is 65.2 Å². The predicted octanol–water partition coefficient (Wildman–Crippen LogP) is 5.88. The Kier molecular flexibility index (Phi) is 9.14. The van der Waals surface area contributed by atoms with Gasteiger partial charge in [-0.25, -0.2) is 0 Å². The fourth-order valence-corrected chi connectivity index (χ4v) is 4.21. The molecule has 2 aromatic rings. The first-order chi connectivity index (χ1) is 16.5. The zero-order valence-corrected chi connectivity index (χ0v) is 20.4. The van der Waals surface area contributed by atoms with Gasteiger partial charge in [0, 0.05) is 12.1 Å². The summed E-state index contributed by atoms with van der Waals surface area (Å²) in [6, 6.07) is 13.6. The number of amides is 1. The Hall–Kier alpha value is -3.28. The molecule has 3 rings (SSSR count). The van der Waals surface area contributed by atoms with Crippen LogP contribution in [0.2, 0.25) is 0 Å². The number of Topliss-reactive ketones (excluding diaryl/α,β-unsaturated/α-hetero) is 1. The maximum Gasteiger partial charge on any atom is 0.295 e.